The Labute approximate surface area is 151 Å². The Morgan fingerprint density at radius 3 is 2.73 bits per heavy atom. The monoisotopic (exact) mass is 364 g/mol. The van der Waals surface area contributed by atoms with Gasteiger partial charge in [0, 0.05) is 38.1 Å². The quantitative estimate of drug-likeness (QED) is 0.758. The molecule has 0 saturated carbocycles. The molecule has 1 aromatic rings. The molecule has 2 N–H and O–H groups in total. The summed E-state index contributed by atoms with van der Waals surface area (Å²) in [5, 5.41) is 18.5. The Morgan fingerprint density at radius 2 is 2.04 bits per heavy atom. The molecule has 0 spiro atoms. The van der Waals surface area contributed by atoms with Crippen molar-refractivity contribution in [2.45, 2.75) is 12.6 Å². The molecule has 2 fully saturated rings. The van der Waals surface area contributed by atoms with Gasteiger partial charge in [-0.05, 0) is 17.7 Å². The van der Waals surface area contributed by atoms with Crippen molar-refractivity contribution in [3.63, 3.8) is 0 Å². The largest absolute Gasteiger partial charge is 0.496 e. The van der Waals surface area contributed by atoms with E-state index in [0.717, 1.165) is 12.1 Å². The van der Waals surface area contributed by atoms with Crippen molar-refractivity contribution >= 4 is 11.9 Å². The third kappa shape index (κ3) is 4.32. The van der Waals surface area contributed by atoms with Gasteiger partial charge in [-0.25, -0.2) is 4.79 Å². The average molecular weight is 364 g/mol. The lowest BCUT2D eigenvalue weighted by molar-refractivity contribution is -0.138. The third-order valence-corrected chi connectivity index (χ3v) is 4.90. The lowest BCUT2D eigenvalue weighted by Crippen LogP contribution is -2.44. The maximum atomic E-state index is 11.4. The number of nitrogens with zero attached hydrogens (tertiary/aromatic N) is 2. The van der Waals surface area contributed by atoms with Crippen molar-refractivity contribution in [3.05, 3.63) is 29.3 Å². The zero-order valence-electron chi connectivity index (χ0n) is 14.8. The van der Waals surface area contributed by atoms with Crippen molar-refractivity contribution in [1.82, 2.24) is 9.80 Å². The Balaban J connectivity index is 1.78. The number of carbonyl (C=O) groups is 2. The van der Waals surface area contributed by atoms with Crippen LogP contribution in [0.3, 0.4) is 0 Å². The van der Waals surface area contributed by atoms with Gasteiger partial charge in [0.1, 0.15) is 11.3 Å². The van der Waals surface area contributed by atoms with E-state index in [4.69, 9.17) is 14.6 Å². The van der Waals surface area contributed by atoms with Crippen LogP contribution in [0, 0.1) is 5.92 Å². The highest BCUT2D eigenvalue weighted by Gasteiger charge is 2.34. The van der Waals surface area contributed by atoms with Gasteiger partial charge in [0.25, 0.3) is 0 Å². The number of carboxylic acids is 2. The van der Waals surface area contributed by atoms with Crippen molar-refractivity contribution < 1.29 is 29.3 Å². The zero-order chi connectivity index (χ0) is 18.7. The van der Waals surface area contributed by atoms with Crippen molar-refractivity contribution in [1.29, 1.82) is 0 Å². The van der Waals surface area contributed by atoms with E-state index in [9.17, 15) is 14.7 Å². The number of ether oxygens (including phenoxy) is 2. The number of benzene rings is 1. The van der Waals surface area contributed by atoms with Gasteiger partial charge in [0.15, 0.2) is 0 Å². The summed E-state index contributed by atoms with van der Waals surface area (Å²) in [5.41, 5.74) is 1.03. The van der Waals surface area contributed by atoms with E-state index in [1.165, 1.54) is 7.11 Å². The number of methoxy groups -OCH3 is 1. The van der Waals surface area contributed by atoms with Crippen molar-refractivity contribution in [2.24, 2.45) is 5.92 Å². The average Bonchev–Trinajstić information content (AvgIpc) is 2.84. The van der Waals surface area contributed by atoms with E-state index in [2.05, 4.69) is 4.90 Å². The second kappa shape index (κ2) is 8.03. The van der Waals surface area contributed by atoms with Gasteiger partial charge in [-0.3, -0.25) is 14.6 Å². The number of rotatable bonds is 6. The van der Waals surface area contributed by atoms with E-state index in [-0.39, 0.29) is 24.1 Å². The summed E-state index contributed by atoms with van der Waals surface area (Å²) in [5.74, 6) is -1.26. The first-order valence-corrected chi connectivity index (χ1v) is 8.62. The van der Waals surface area contributed by atoms with Gasteiger partial charge < -0.3 is 19.7 Å². The molecule has 3 rings (SSSR count). The smallest absolute Gasteiger partial charge is 0.339 e. The molecule has 2 aliphatic rings. The van der Waals surface area contributed by atoms with Crippen LogP contribution in [-0.2, 0) is 16.1 Å². The van der Waals surface area contributed by atoms with Crippen molar-refractivity contribution in [2.75, 3.05) is 46.5 Å². The molecule has 0 unspecified atom stereocenters. The first-order valence-electron chi connectivity index (χ1n) is 8.62. The van der Waals surface area contributed by atoms with Crippen LogP contribution in [0.25, 0.3) is 0 Å². The zero-order valence-corrected chi connectivity index (χ0v) is 14.8. The molecule has 8 nitrogen and oxygen atoms in total. The molecule has 0 aromatic heterocycles. The molecule has 142 valence electrons. The van der Waals surface area contributed by atoms with Gasteiger partial charge in [-0.1, -0.05) is 6.07 Å². The van der Waals surface area contributed by atoms with E-state index >= 15 is 0 Å². The van der Waals surface area contributed by atoms with Crippen molar-refractivity contribution in [3.8, 4) is 5.75 Å². The molecule has 8 heteroatoms. The second-order valence-corrected chi connectivity index (χ2v) is 6.91. The fourth-order valence-corrected chi connectivity index (χ4v) is 3.80. The Morgan fingerprint density at radius 1 is 1.23 bits per heavy atom. The fourth-order valence-electron chi connectivity index (χ4n) is 3.80. The summed E-state index contributed by atoms with van der Waals surface area (Å²) in [6.07, 6.45) is 0. The summed E-state index contributed by atoms with van der Waals surface area (Å²) in [6, 6.07) is 5.27. The molecule has 2 bridgehead atoms. The van der Waals surface area contributed by atoms with E-state index in [0.29, 0.717) is 38.6 Å². The SMILES string of the molecule is COc1ccc(CN2C[C@H]3COC[C@@H]2CN(CC(=O)O)C3)cc1C(=O)O. The lowest BCUT2D eigenvalue weighted by atomic mass is 10.1. The third-order valence-electron chi connectivity index (χ3n) is 4.90. The van der Waals surface area contributed by atoms with Gasteiger partial charge in [-0.2, -0.15) is 0 Å². The first-order chi connectivity index (χ1) is 12.5. The molecule has 2 aliphatic heterocycles. The molecular formula is C18H24N2O6. The van der Waals surface area contributed by atoms with Gasteiger partial charge in [0.05, 0.1) is 26.9 Å². The molecule has 0 amide bonds. The number of fused-ring (bicyclic) bond motifs is 3. The van der Waals surface area contributed by atoms with Crippen LogP contribution in [0.5, 0.6) is 5.75 Å². The van der Waals surface area contributed by atoms with E-state index < -0.39 is 11.9 Å². The normalized spacial score (nSPS) is 24.0. The molecule has 1 aromatic carbocycles. The summed E-state index contributed by atoms with van der Waals surface area (Å²) in [7, 11) is 1.45. The minimum Gasteiger partial charge on any atom is -0.496 e. The summed E-state index contributed by atoms with van der Waals surface area (Å²) in [6.45, 7) is 3.92. The predicted molar refractivity (Wildman–Crippen MR) is 92.5 cm³/mol. The number of hydrogen-bond donors (Lipinski definition) is 2. The van der Waals surface area contributed by atoms with E-state index in [1.807, 2.05) is 11.0 Å². The summed E-state index contributed by atoms with van der Waals surface area (Å²) in [4.78, 5) is 26.8. The maximum absolute atomic E-state index is 11.4. The molecular weight excluding hydrogens is 340 g/mol. The highest BCUT2D eigenvalue weighted by Crippen LogP contribution is 2.24. The van der Waals surface area contributed by atoms with Crippen LogP contribution in [0.15, 0.2) is 18.2 Å². The maximum Gasteiger partial charge on any atom is 0.339 e. The van der Waals surface area contributed by atoms with Crippen LogP contribution < -0.4 is 4.74 Å². The topological polar surface area (TPSA) is 99.5 Å². The van der Waals surface area contributed by atoms with Crippen LogP contribution in [0.1, 0.15) is 15.9 Å². The van der Waals surface area contributed by atoms with Crippen LogP contribution >= 0.6 is 0 Å². The minimum absolute atomic E-state index is 0.0343. The van der Waals surface area contributed by atoms with Gasteiger partial charge in [-0.15, -0.1) is 0 Å². The number of hydrogen-bond acceptors (Lipinski definition) is 6. The van der Waals surface area contributed by atoms with Gasteiger partial charge >= 0.3 is 11.9 Å². The molecule has 0 aliphatic carbocycles. The Hall–Kier alpha value is -2.16. The number of aliphatic carboxylic acids is 1. The molecule has 2 saturated heterocycles. The number of aromatic carboxylic acids is 1. The van der Waals surface area contributed by atoms with Gasteiger partial charge in [0.2, 0.25) is 0 Å². The summed E-state index contributed by atoms with van der Waals surface area (Å²) >= 11 is 0. The fraction of sp³-hybridized carbons (Fsp3) is 0.556. The molecule has 0 radical (unpaired) electrons. The van der Waals surface area contributed by atoms with Crippen LogP contribution in [0.4, 0.5) is 0 Å². The molecule has 2 atom stereocenters. The molecule has 2 heterocycles. The summed E-state index contributed by atoms with van der Waals surface area (Å²) < 4.78 is 10.9. The second-order valence-electron chi connectivity index (χ2n) is 6.91. The van der Waals surface area contributed by atoms with Crippen LogP contribution in [0.2, 0.25) is 0 Å². The first kappa shape index (κ1) is 18.6. The van der Waals surface area contributed by atoms with E-state index in [1.54, 1.807) is 12.1 Å². The van der Waals surface area contributed by atoms with Crippen LogP contribution in [-0.4, -0.2) is 84.5 Å². The number of carboxylic acid groups (broad SMARTS) is 2. The Kier molecular flexibility index (Phi) is 5.75. The minimum atomic E-state index is -1.02. The Bertz CT molecular complexity index is 680. The highest BCUT2D eigenvalue weighted by molar-refractivity contribution is 5.91. The lowest BCUT2D eigenvalue weighted by Gasteiger charge is -2.30. The standard InChI is InChI=1S/C18H24N2O6/c1-25-16-3-2-12(4-15(16)18(23)24)6-20-7-13-5-19(9-17(21)22)8-14(20)11-26-10-13/h2-4,13-14H,5-11H2,1H3,(H,21,22)(H,23,24)/t13-,14-/m0/s1. The highest BCUT2D eigenvalue weighted by atomic mass is 16.5. The molecule has 26 heavy (non-hydrogen) atoms. The predicted octanol–water partition coefficient (Wildman–Crippen LogP) is 0.611.